The molecule has 0 radical (unpaired) electrons. The van der Waals surface area contributed by atoms with E-state index in [1.807, 2.05) is 15.9 Å². The van der Waals surface area contributed by atoms with E-state index in [4.69, 9.17) is 4.74 Å². The smallest absolute Gasteiger partial charge is 0.370 e. The van der Waals surface area contributed by atoms with Crippen LogP contribution in [0.5, 0.6) is 0 Å². The molecule has 6 rings (SSSR count). The molecule has 182 valence electrons. The van der Waals surface area contributed by atoms with Gasteiger partial charge < -0.3 is 19.4 Å². The summed E-state index contributed by atoms with van der Waals surface area (Å²) in [5, 5.41) is 4.62. The molecule has 4 aliphatic rings. The van der Waals surface area contributed by atoms with Crippen molar-refractivity contribution in [3.05, 3.63) is 41.7 Å². The summed E-state index contributed by atoms with van der Waals surface area (Å²) in [7, 11) is 0. The van der Waals surface area contributed by atoms with Gasteiger partial charge in [-0.15, -0.1) is 5.10 Å². The molecule has 3 aliphatic heterocycles. The van der Waals surface area contributed by atoms with Gasteiger partial charge in [0.1, 0.15) is 6.33 Å². The summed E-state index contributed by atoms with van der Waals surface area (Å²) in [5.41, 5.74) is 0.234. The highest BCUT2D eigenvalue weighted by atomic mass is 19.4. The van der Waals surface area contributed by atoms with E-state index in [0.29, 0.717) is 24.7 Å². The fourth-order valence-electron chi connectivity index (χ4n) is 5.29. The summed E-state index contributed by atoms with van der Waals surface area (Å²) in [5.74, 6) is 0.825. The number of rotatable bonds is 5. The van der Waals surface area contributed by atoms with Gasteiger partial charge in [-0.1, -0.05) is 12.1 Å². The topological polar surface area (TPSA) is 66.7 Å². The number of benzene rings is 1. The van der Waals surface area contributed by atoms with Gasteiger partial charge >= 0.3 is 12.2 Å². The van der Waals surface area contributed by atoms with Crippen molar-refractivity contribution in [1.82, 2.24) is 24.6 Å². The van der Waals surface area contributed by atoms with E-state index in [1.54, 1.807) is 4.90 Å². The monoisotopic (exact) mass is 476 g/mol. The Morgan fingerprint density at radius 1 is 1.09 bits per heavy atom. The van der Waals surface area contributed by atoms with Crippen LogP contribution < -0.4 is 4.90 Å². The van der Waals surface area contributed by atoms with E-state index in [2.05, 4.69) is 15.0 Å². The maximum atomic E-state index is 12.7. The number of urea groups is 1. The first-order valence-corrected chi connectivity index (χ1v) is 11.8. The highest BCUT2D eigenvalue weighted by Crippen LogP contribution is 2.54. The molecule has 34 heavy (non-hydrogen) atoms. The molecule has 2 amide bonds. The standard InChI is InChI=1S/C23H27F3N6O2/c24-23(25,26)17-4-2-16(3-5-17)12-34-19-10-30(11-19)21(33)31-13-22(14-31)8-18(9-22)32-15-27-20(28-32)29-6-1-7-29/h2-5,15,18-19H,1,6-14H2. The molecule has 3 saturated heterocycles. The summed E-state index contributed by atoms with van der Waals surface area (Å²) in [4.78, 5) is 23.0. The normalized spacial score (nSPS) is 22.3. The van der Waals surface area contributed by atoms with Gasteiger partial charge in [-0.05, 0) is 37.0 Å². The number of likely N-dealkylation sites (tertiary alicyclic amines) is 2. The fraction of sp³-hybridized carbons (Fsp3) is 0.609. The van der Waals surface area contributed by atoms with Crippen LogP contribution in [0.1, 0.15) is 36.4 Å². The molecule has 1 aliphatic carbocycles. The lowest BCUT2D eigenvalue weighted by Gasteiger charge is -2.59. The van der Waals surface area contributed by atoms with E-state index in [0.717, 1.165) is 57.1 Å². The molecule has 1 aromatic heterocycles. The van der Waals surface area contributed by atoms with Gasteiger partial charge in [0.2, 0.25) is 5.95 Å². The molecule has 0 N–H and O–H groups in total. The summed E-state index contributed by atoms with van der Waals surface area (Å²) >= 11 is 0. The second-order valence-corrected chi connectivity index (χ2v) is 10.1. The predicted molar refractivity (Wildman–Crippen MR) is 116 cm³/mol. The minimum atomic E-state index is -4.34. The van der Waals surface area contributed by atoms with Crippen molar-refractivity contribution in [3.8, 4) is 0 Å². The number of amides is 2. The summed E-state index contributed by atoms with van der Waals surface area (Å²) in [6.45, 7) is 4.90. The SMILES string of the molecule is O=C(N1CC(OCc2ccc(C(F)(F)F)cc2)C1)N1CC2(CC(n3cnc(N4CCC4)n3)C2)C1. The van der Waals surface area contributed by atoms with Crippen molar-refractivity contribution in [2.75, 3.05) is 44.2 Å². The Balaban J connectivity index is 0.905. The molecular formula is C23H27F3N6O2. The predicted octanol–water partition coefficient (Wildman–Crippen LogP) is 3.16. The number of hydrogen-bond acceptors (Lipinski definition) is 5. The summed E-state index contributed by atoms with van der Waals surface area (Å²) in [6.07, 6.45) is 0.669. The van der Waals surface area contributed by atoms with Crippen LogP contribution in [0.3, 0.4) is 0 Å². The van der Waals surface area contributed by atoms with Crippen LogP contribution >= 0.6 is 0 Å². The lowest BCUT2D eigenvalue weighted by molar-refractivity contribution is -0.137. The number of hydrogen-bond donors (Lipinski definition) is 0. The largest absolute Gasteiger partial charge is 0.416 e. The van der Waals surface area contributed by atoms with Crippen molar-refractivity contribution in [2.24, 2.45) is 5.41 Å². The first-order valence-electron chi connectivity index (χ1n) is 11.8. The number of nitrogens with zero attached hydrogens (tertiary/aromatic N) is 6. The number of ether oxygens (including phenoxy) is 1. The molecule has 0 unspecified atom stereocenters. The maximum absolute atomic E-state index is 12.7. The zero-order valence-corrected chi connectivity index (χ0v) is 18.7. The number of halogens is 3. The number of aromatic nitrogens is 3. The maximum Gasteiger partial charge on any atom is 0.416 e. The Morgan fingerprint density at radius 2 is 1.79 bits per heavy atom. The average molecular weight is 477 g/mol. The fourth-order valence-corrected chi connectivity index (χ4v) is 5.29. The molecule has 2 aromatic rings. The third kappa shape index (κ3) is 3.89. The van der Waals surface area contributed by atoms with Crippen LogP contribution in [0.2, 0.25) is 0 Å². The van der Waals surface area contributed by atoms with Crippen LogP contribution in [-0.2, 0) is 17.5 Å². The number of alkyl halides is 3. The van der Waals surface area contributed by atoms with Crippen LogP contribution in [0, 0.1) is 5.41 Å². The number of anilines is 1. The second kappa shape index (κ2) is 7.86. The van der Waals surface area contributed by atoms with Gasteiger partial charge in [0.25, 0.3) is 0 Å². The Kier molecular flexibility index (Phi) is 5.02. The number of carbonyl (C=O) groups excluding carboxylic acids is 1. The van der Waals surface area contributed by atoms with Gasteiger partial charge in [-0.3, -0.25) is 0 Å². The average Bonchev–Trinajstić information content (AvgIpc) is 3.11. The summed E-state index contributed by atoms with van der Waals surface area (Å²) < 4.78 is 45.7. The molecule has 0 atom stereocenters. The Morgan fingerprint density at radius 3 is 2.41 bits per heavy atom. The Hall–Kier alpha value is -2.82. The molecule has 1 saturated carbocycles. The van der Waals surface area contributed by atoms with Gasteiger partial charge in [0.05, 0.1) is 37.4 Å². The van der Waals surface area contributed by atoms with E-state index in [1.165, 1.54) is 18.6 Å². The highest BCUT2D eigenvalue weighted by molar-refractivity contribution is 5.76. The lowest BCUT2D eigenvalue weighted by atomic mass is 9.61. The molecule has 11 heteroatoms. The van der Waals surface area contributed by atoms with Crippen LogP contribution in [0.15, 0.2) is 30.6 Å². The van der Waals surface area contributed by atoms with Crippen LogP contribution in [0.25, 0.3) is 0 Å². The van der Waals surface area contributed by atoms with Crippen molar-refractivity contribution < 1.29 is 22.7 Å². The van der Waals surface area contributed by atoms with Crippen molar-refractivity contribution >= 4 is 12.0 Å². The minimum Gasteiger partial charge on any atom is -0.370 e. The van der Waals surface area contributed by atoms with Crippen LogP contribution in [0.4, 0.5) is 23.9 Å². The Bertz CT molecular complexity index is 1050. The molecule has 1 aromatic carbocycles. The molecule has 1 spiro atoms. The third-order valence-electron chi connectivity index (χ3n) is 7.56. The first-order chi connectivity index (χ1) is 16.3. The van der Waals surface area contributed by atoms with E-state index >= 15 is 0 Å². The highest BCUT2D eigenvalue weighted by Gasteiger charge is 2.55. The molecule has 0 bridgehead atoms. The third-order valence-corrected chi connectivity index (χ3v) is 7.56. The van der Waals surface area contributed by atoms with Crippen molar-refractivity contribution in [1.29, 1.82) is 0 Å². The first kappa shape index (κ1) is 21.7. The van der Waals surface area contributed by atoms with Crippen molar-refractivity contribution in [2.45, 2.75) is 44.2 Å². The molecule has 8 nitrogen and oxygen atoms in total. The van der Waals surface area contributed by atoms with E-state index in [-0.39, 0.29) is 24.2 Å². The van der Waals surface area contributed by atoms with Crippen LogP contribution in [-0.4, -0.2) is 76.0 Å². The van der Waals surface area contributed by atoms with Crippen molar-refractivity contribution in [3.63, 3.8) is 0 Å². The Labute approximate surface area is 195 Å². The zero-order valence-electron chi connectivity index (χ0n) is 18.7. The molecule has 4 heterocycles. The molecule has 4 fully saturated rings. The lowest BCUT2D eigenvalue weighted by Crippen LogP contribution is -2.68. The minimum absolute atomic E-state index is 0.0456. The van der Waals surface area contributed by atoms with Gasteiger partial charge in [-0.25, -0.2) is 14.5 Å². The second-order valence-electron chi connectivity index (χ2n) is 10.1. The summed E-state index contributed by atoms with van der Waals surface area (Å²) in [6, 6.07) is 5.40. The van der Waals surface area contributed by atoms with Gasteiger partial charge in [-0.2, -0.15) is 13.2 Å². The zero-order chi connectivity index (χ0) is 23.5. The van der Waals surface area contributed by atoms with E-state index < -0.39 is 11.7 Å². The quantitative estimate of drug-likeness (QED) is 0.663. The van der Waals surface area contributed by atoms with E-state index in [9.17, 15) is 18.0 Å². The van der Waals surface area contributed by atoms with Gasteiger partial charge in [0.15, 0.2) is 0 Å². The number of carbonyl (C=O) groups is 1. The van der Waals surface area contributed by atoms with Gasteiger partial charge in [0, 0.05) is 31.6 Å². The molecular weight excluding hydrogens is 449 g/mol.